The summed E-state index contributed by atoms with van der Waals surface area (Å²) in [5.41, 5.74) is 4.69. The zero-order valence-electron chi connectivity index (χ0n) is 17.3. The molecule has 9 nitrogen and oxygen atoms in total. The number of ether oxygens (including phenoxy) is 2. The normalized spacial score (nSPS) is 15.2. The molecule has 0 amide bonds. The molecule has 1 saturated heterocycles. The number of hydrogen-bond donors (Lipinski definition) is 2. The fourth-order valence-corrected chi connectivity index (χ4v) is 3.97. The van der Waals surface area contributed by atoms with Crippen molar-refractivity contribution in [3.8, 4) is 11.5 Å². The number of fused-ring (bicyclic) bond motifs is 1. The van der Waals surface area contributed by atoms with Gasteiger partial charge in [-0.2, -0.15) is 20.1 Å². The Bertz CT molecular complexity index is 1120. The second kappa shape index (κ2) is 9.39. The minimum absolute atomic E-state index is 0.224. The van der Waals surface area contributed by atoms with Crippen molar-refractivity contribution >= 4 is 45.7 Å². The lowest BCUT2D eigenvalue weighted by Gasteiger charge is -2.26. The van der Waals surface area contributed by atoms with E-state index in [9.17, 15) is 0 Å². The maximum Gasteiger partial charge on any atom is 0.250 e. The molecule has 1 fully saturated rings. The number of piperidine rings is 1. The fourth-order valence-electron chi connectivity index (χ4n) is 3.55. The van der Waals surface area contributed by atoms with Crippen LogP contribution in [0.5, 0.6) is 11.5 Å². The molecule has 5 rings (SSSR count). The Labute approximate surface area is 194 Å². The number of nitrogens with zero attached hydrogens (tertiary/aromatic N) is 5. The van der Waals surface area contributed by atoms with Crippen molar-refractivity contribution in [3.63, 3.8) is 0 Å². The van der Waals surface area contributed by atoms with Crippen LogP contribution in [0.1, 0.15) is 24.8 Å². The Hall–Kier alpha value is -3.40. The zero-order chi connectivity index (χ0) is 21.8. The third-order valence-corrected chi connectivity index (χ3v) is 5.84. The minimum Gasteiger partial charge on any atom is -0.454 e. The highest BCUT2D eigenvalue weighted by Gasteiger charge is 2.17. The molecule has 0 radical (unpaired) electrons. The van der Waals surface area contributed by atoms with Gasteiger partial charge < -0.3 is 19.7 Å². The van der Waals surface area contributed by atoms with E-state index in [4.69, 9.17) is 9.47 Å². The lowest BCUT2D eigenvalue weighted by Crippen LogP contribution is -2.31. The van der Waals surface area contributed by atoms with Crippen molar-refractivity contribution in [1.29, 1.82) is 0 Å². The number of rotatable bonds is 6. The Kier molecular flexibility index (Phi) is 6.02. The van der Waals surface area contributed by atoms with E-state index >= 15 is 0 Å². The van der Waals surface area contributed by atoms with E-state index in [1.807, 2.05) is 42.5 Å². The summed E-state index contributed by atoms with van der Waals surface area (Å²) in [6, 6.07) is 13.5. The molecule has 32 heavy (non-hydrogen) atoms. The number of halogens is 1. The van der Waals surface area contributed by atoms with E-state index < -0.39 is 0 Å². The maximum absolute atomic E-state index is 5.44. The maximum atomic E-state index is 5.44. The third-order valence-electron chi connectivity index (χ3n) is 5.15. The van der Waals surface area contributed by atoms with Crippen LogP contribution in [0.15, 0.2) is 52.0 Å². The van der Waals surface area contributed by atoms with E-state index in [2.05, 4.69) is 51.6 Å². The number of anilines is 4. The topological polar surface area (TPSA) is 96.8 Å². The van der Waals surface area contributed by atoms with Crippen molar-refractivity contribution < 1.29 is 9.47 Å². The SMILES string of the molecule is Brc1cc2c(cc1/C=N\Nc1nc(Nc3ccccc3)nc(N3CCCCC3)n1)OCO2. The molecule has 2 aromatic carbocycles. The quantitative estimate of drug-likeness (QED) is 0.379. The van der Waals surface area contributed by atoms with Gasteiger partial charge in [0, 0.05) is 28.8 Å². The van der Waals surface area contributed by atoms with Gasteiger partial charge >= 0.3 is 0 Å². The van der Waals surface area contributed by atoms with Gasteiger partial charge in [0.05, 0.1) is 6.21 Å². The van der Waals surface area contributed by atoms with Gasteiger partial charge in [-0.15, -0.1) is 0 Å². The predicted octanol–water partition coefficient (Wildman–Crippen LogP) is 4.54. The molecule has 0 unspecified atom stereocenters. The molecule has 3 heterocycles. The Morgan fingerprint density at radius 1 is 0.938 bits per heavy atom. The number of para-hydroxylation sites is 1. The van der Waals surface area contributed by atoms with Gasteiger partial charge in [0.15, 0.2) is 11.5 Å². The lowest BCUT2D eigenvalue weighted by atomic mass is 10.1. The highest BCUT2D eigenvalue weighted by atomic mass is 79.9. The second-order valence-corrected chi connectivity index (χ2v) is 8.27. The molecule has 2 aliphatic rings. The van der Waals surface area contributed by atoms with Gasteiger partial charge in [0.1, 0.15) is 0 Å². The number of hydrazone groups is 1. The van der Waals surface area contributed by atoms with Crippen molar-refractivity contribution in [1.82, 2.24) is 15.0 Å². The molecule has 0 atom stereocenters. The smallest absolute Gasteiger partial charge is 0.250 e. The van der Waals surface area contributed by atoms with Crippen LogP contribution < -0.4 is 25.1 Å². The molecule has 2 aliphatic heterocycles. The predicted molar refractivity (Wildman–Crippen MR) is 127 cm³/mol. The number of nitrogens with one attached hydrogen (secondary N) is 2. The molecule has 10 heteroatoms. The summed E-state index contributed by atoms with van der Waals surface area (Å²) in [5.74, 6) is 2.87. The van der Waals surface area contributed by atoms with Crippen LogP contribution in [0.3, 0.4) is 0 Å². The summed E-state index contributed by atoms with van der Waals surface area (Å²) in [7, 11) is 0. The van der Waals surface area contributed by atoms with Crippen molar-refractivity contribution in [2.75, 3.05) is 35.5 Å². The van der Waals surface area contributed by atoms with Gasteiger partial charge in [-0.1, -0.05) is 18.2 Å². The van der Waals surface area contributed by atoms with Crippen LogP contribution in [0.2, 0.25) is 0 Å². The first-order valence-corrected chi connectivity index (χ1v) is 11.3. The van der Waals surface area contributed by atoms with E-state index in [1.54, 1.807) is 6.21 Å². The van der Waals surface area contributed by atoms with Crippen LogP contribution in [-0.4, -0.2) is 41.0 Å². The third kappa shape index (κ3) is 4.75. The minimum atomic E-state index is 0.224. The van der Waals surface area contributed by atoms with Crippen LogP contribution in [-0.2, 0) is 0 Å². The first-order valence-electron chi connectivity index (χ1n) is 10.5. The molecule has 0 saturated carbocycles. The summed E-state index contributed by atoms with van der Waals surface area (Å²) in [6.45, 7) is 2.09. The summed E-state index contributed by atoms with van der Waals surface area (Å²) in [6.07, 6.45) is 5.18. The number of aromatic nitrogens is 3. The average molecular weight is 496 g/mol. The van der Waals surface area contributed by atoms with Crippen LogP contribution in [0, 0.1) is 0 Å². The second-order valence-electron chi connectivity index (χ2n) is 7.42. The van der Waals surface area contributed by atoms with Gasteiger partial charge in [-0.25, -0.2) is 5.43 Å². The van der Waals surface area contributed by atoms with Crippen LogP contribution >= 0.6 is 15.9 Å². The molecule has 164 valence electrons. The Balaban J connectivity index is 1.38. The molecule has 1 aromatic heterocycles. The van der Waals surface area contributed by atoms with Crippen LogP contribution in [0.4, 0.5) is 23.5 Å². The fraction of sp³-hybridized carbons (Fsp3) is 0.273. The van der Waals surface area contributed by atoms with E-state index in [-0.39, 0.29) is 6.79 Å². The van der Waals surface area contributed by atoms with Crippen molar-refractivity contribution in [3.05, 3.63) is 52.5 Å². The van der Waals surface area contributed by atoms with Crippen molar-refractivity contribution in [2.24, 2.45) is 5.10 Å². The number of benzene rings is 2. The number of hydrogen-bond acceptors (Lipinski definition) is 9. The highest BCUT2D eigenvalue weighted by molar-refractivity contribution is 9.10. The van der Waals surface area contributed by atoms with Gasteiger partial charge in [0.2, 0.25) is 24.6 Å². The summed E-state index contributed by atoms with van der Waals surface area (Å²) in [5, 5.41) is 7.58. The van der Waals surface area contributed by atoms with Gasteiger partial charge in [0.25, 0.3) is 0 Å². The Morgan fingerprint density at radius 3 is 2.50 bits per heavy atom. The van der Waals surface area contributed by atoms with E-state index in [0.29, 0.717) is 29.3 Å². The first-order chi connectivity index (χ1) is 15.7. The average Bonchev–Trinajstić information content (AvgIpc) is 3.27. The van der Waals surface area contributed by atoms with E-state index in [0.717, 1.165) is 41.7 Å². The first kappa shape index (κ1) is 20.5. The molecule has 2 N–H and O–H groups in total. The largest absolute Gasteiger partial charge is 0.454 e. The molecule has 3 aromatic rings. The summed E-state index contributed by atoms with van der Waals surface area (Å²) >= 11 is 3.54. The highest BCUT2D eigenvalue weighted by Crippen LogP contribution is 2.36. The molecule has 0 bridgehead atoms. The standard InChI is InChI=1S/C22H22BrN7O2/c23-17-12-19-18(31-14-32-19)11-15(17)13-24-29-21-26-20(25-16-7-3-1-4-8-16)27-22(28-21)30-9-5-2-6-10-30/h1,3-4,7-8,11-13H,2,5-6,9-10,14H2,(H2,25,26,27,28,29)/b24-13-. The monoisotopic (exact) mass is 495 g/mol. The van der Waals surface area contributed by atoms with Gasteiger partial charge in [-0.05, 0) is 59.5 Å². The van der Waals surface area contributed by atoms with Gasteiger partial charge in [-0.3, -0.25) is 0 Å². The van der Waals surface area contributed by atoms with Crippen molar-refractivity contribution in [2.45, 2.75) is 19.3 Å². The lowest BCUT2D eigenvalue weighted by molar-refractivity contribution is 0.174. The summed E-state index contributed by atoms with van der Waals surface area (Å²) in [4.78, 5) is 15.9. The molecular weight excluding hydrogens is 474 g/mol. The Morgan fingerprint density at radius 2 is 1.69 bits per heavy atom. The molecular formula is C22H22BrN7O2. The molecule has 0 aliphatic carbocycles. The van der Waals surface area contributed by atoms with Crippen LogP contribution in [0.25, 0.3) is 0 Å². The zero-order valence-corrected chi connectivity index (χ0v) is 18.9. The summed E-state index contributed by atoms with van der Waals surface area (Å²) < 4.78 is 11.7. The molecule has 0 spiro atoms. The van der Waals surface area contributed by atoms with E-state index in [1.165, 1.54) is 6.42 Å².